The molecule has 7 nitrogen and oxygen atoms in total. The smallest absolute Gasteiger partial charge is 0.450 e. The Labute approximate surface area is 150 Å². The van der Waals surface area contributed by atoms with Gasteiger partial charge >= 0.3 is 13.2 Å². The number of primary amides is 1. The number of ether oxygens (including phenoxy) is 1. The molecule has 25 heavy (non-hydrogen) atoms. The van der Waals surface area contributed by atoms with Gasteiger partial charge < -0.3 is 24.3 Å². The molecule has 0 saturated carbocycles. The summed E-state index contributed by atoms with van der Waals surface area (Å²) < 4.78 is 19.0. The van der Waals surface area contributed by atoms with E-state index in [0.717, 1.165) is 43.6 Å². The number of carbonyl (C=O) groups is 1. The van der Waals surface area contributed by atoms with Crippen molar-refractivity contribution in [2.24, 2.45) is 5.73 Å². The monoisotopic (exact) mass is 351 g/mol. The standard InChI is InChI=1S/C17H30BN3O4/c1-13-20-14(18-24-16(2,3)17(4,5)25-18)12-21(13)10-8-6-7-9-11-23-15(19)22/h12H,6-11H2,1-5H3,(H2,19,22). The lowest BCUT2D eigenvalue weighted by Gasteiger charge is -2.32. The average molecular weight is 351 g/mol. The Kier molecular flexibility index (Phi) is 6.16. The number of aromatic nitrogens is 2. The lowest BCUT2D eigenvalue weighted by Crippen LogP contribution is -2.41. The van der Waals surface area contributed by atoms with E-state index < -0.39 is 13.2 Å². The summed E-state index contributed by atoms with van der Waals surface area (Å²) in [4.78, 5) is 15.1. The zero-order valence-corrected chi connectivity index (χ0v) is 16.0. The number of amides is 1. The van der Waals surface area contributed by atoms with Crippen molar-refractivity contribution in [2.75, 3.05) is 6.61 Å². The number of unbranched alkanes of at least 4 members (excludes halogenated alkanes) is 3. The maximum Gasteiger partial charge on any atom is 0.516 e. The molecule has 1 aliphatic heterocycles. The molecule has 0 radical (unpaired) electrons. The molecule has 1 saturated heterocycles. The van der Waals surface area contributed by atoms with Crippen molar-refractivity contribution in [3.63, 3.8) is 0 Å². The summed E-state index contributed by atoms with van der Waals surface area (Å²) in [7, 11) is -0.420. The number of aryl methyl sites for hydroxylation is 2. The first kappa shape index (κ1) is 19.8. The fourth-order valence-electron chi connectivity index (χ4n) is 2.75. The molecule has 1 fully saturated rings. The minimum atomic E-state index is -0.704. The molecule has 140 valence electrons. The highest BCUT2D eigenvalue weighted by Crippen LogP contribution is 2.36. The maximum atomic E-state index is 10.5. The van der Waals surface area contributed by atoms with E-state index in [4.69, 9.17) is 19.8 Å². The summed E-state index contributed by atoms with van der Waals surface area (Å²) >= 11 is 0. The Morgan fingerprint density at radius 2 is 1.80 bits per heavy atom. The van der Waals surface area contributed by atoms with Gasteiger partial charge in [0.2, 0.25) is 0 Å². The summed E-state index contributed by atoms with van der Waals surface area (Å²) in [6.07, 6.45) is 5.26. The number of imidazole rings is 1. The van der Waals surface area contributed by atoms with Crippen molar-refractivity contribution in [1.82, 2.24) is 9.55 Å². The second-order valence-corrected chi connectivity index (χ2v) is 7.58. The van der Waals surface area contributed by atoms with Gasteiger partial charge in [-0.1, -0.05) is 6.42 Å². The molecule has 2 N–H and O–H groups in total. The molecule has 1 amide bonds. The van der Waals surface area contributed by atoms with E-state index in [9.17, 15) is 4.79 Å². The molecule has 0 spiro atoms. The molecule has 0 bridgehead atoms. The number of carbonyl (C=O) groups excluding carboxylic acids is 1. The number of hydrogen-bond donors (Lipinski definition) is 1. The van der Waals surface area contributed by atoms with Crippen LogP contribution in [0.15, 0.2) is 6.20 Å². The molecular formula is C17H30BN3O4. The van der Waals surface area contributed by atoms with E-state index in [1.807, 2.05) is 40.8 Å². The van der Waals surface area contributed by atoms with Gasteiger partial charge in [-0.15, -0.1) is 0 Å². The van der Waals surface area contributed by atoms with Crippen molar-refractivity contribution in [1.29, 1.82) is 0 Å². The van der Waals surface area contributed by atoms with E-state index in [1.54, 1.807) is 0 Å². The third-order valence-electron chi connectivity index (χ3n) is 5.03. The Morgan fingerprint density at radius 1 is 1.20 bits per heavy atom. The van der Waals surface area contributed by atoms with Crippen LogP contribution in [0.3, 0.4) is 0 Å². The average Bonchev–Trinajstić information content (AvgIpc) is 2.95. The first-order chi connectivity index (χ1) is 11.6. The van der Waals surface area contributed by atoms with Gasteiger partial charge in [0.05, 0.1) is 23.4 Å². The van der Waals surface area contributed by atoms with Crippen molar-refractivity contribution < 1.29 is 18.8 Å². The van der Waals surface area contributed by atoms with Crippen LogP contribution in [0.1, 0.15) is 59.2 Å². The van der Waals surface area contributed by atoms with Crippen LogP contribution in [0, 0.1) is 6.92 Å². The lowest BCUT2D eigenvalue weighted by molar-refractivity contribution is 0.00578. The fourth-order valence-corrected chi connectivity index (χ4v) is 2.75. The fraction of sp³-hybridized carbons (Fsp3) is 0.765. The van der Waals surface area contributed by atoms with Gasteiger partial charge in [-0.2, -0.15) is 0 Å². The van der Waals surface area contributed by atoms with Gasteiger partial charge in [0.1, 0.15) is 5.82 Å². The van der Waals surface area contributed by atoms with E-state index >= 15 is 0 Å². The largest absolute Gasteiger partial charge is 0.516 e. The molecule has 0 aromatic carbocycles. The highest BCUT2D eigenvalue weighted by atomic mass is 16.7. The summed E-state index contributed by atoms with van der Waals surface area (Å²) in [6, 6.07) is 0. The molecular weight excluding hydrogens is 321 g/mol. The summed E-state index contributed by atoms with van der Waals surface area (Å²) in [6.45, 7) is 11.4. The van der Waals surface area contributed by atoms with Crippen LogP contribution in [0.2, 0.25) is 0 Å². The summed E-state index contributed by atoms with van der Waals surface area (Å²) in [5, 5.41) is 0. The Morgan fingerprint density at radius 3 is 2.40 bits per heavy atom. The molecule has 0 unspecified atom stereocenters. The molecule has 8 heteroatoms. The van der Waals surface area contributed by atoms with Gasteiger partial charge in [0, 0.05) is 12.7 Å². The second kappa shape index (κ2) is 7.78. The van der Waals surface area contributed by atoms with Crippen LogP contribution < -0.4 is 11.3 Å². The van der Waals surface area contributed by atoms with Crippen LogP contribution in [-0.4, -0.2) is 40.6 Å². The van der Waals surface area contributed by atoms with Gasteiger partial charge in [0.15, 0.2) is 0 Å². The highest BCUT2D eigenvalue weighted by Gasteiger charge is 2.52. The normalized spacial score (nSPS) is 18.5. The van der Waals surface area contributed by atoms with Crippen molar-refractivity contribution >= 4 is 18.8 Å². The molecule has 1 aromatic rings. The van der Waals surface area contributed by atoms with Gasteiger partial charge in [-0.05, 0) is 53.9 Å². The van der Waals surface area contributed by atoms with Gasteiger partial charge in [0.25, 0.3) is 0 Å². The Balaban J connectivity index is 1.80. The summed E-state index contributed by atoms with van der Waals surface area (Å²) in [5.74, 6) is 0.960. The Bertz CT molecular complexity index is 585. The third-order valence-corrected chi connectivity index (χ3v) is 5.03. The molecule has 0 aliphatic carbocycles. The van der Waals surface area contributed by atoms with E-state index in [1.165, 1.54) is 0 Å². The van der Waals surface area contributed by atoms with E-state index in [2.05, 4.69) is 9.55 Å². The van der Waals surface area contributed by atoms with E-state index in [-0.39, 0.29) is 11.2 Å². The Hall–Kier alpha value is -1.54. The van der Waals surface area contributed by atoms with Gasteiger partial charge in [-0.25, -0.2) is 9.78 Å². The second-order valence-electron chi connectivity index (χ2n) is 7.58. The van der Waals surface area contributed by atoms with E-state index in [0.29, 0.717) is 6.61 Å². The van der Waals surface area contributed by atoms with Crippen molar-refractivity contribution in [2.45, 2.75) is 78.0 Å². The molecule has 1 aromatic heterocycles. The quantitative estimate of drug-likeness (QED) is 0.573. The van der Waals surface area contributed by atoms with Crippen molar-refractivity contribution in [3.8, 4) is 0 Å². The molecule has 2 heterocycles. The zero-order chi connectivity index (χ0) is 18.7. The SMILES string of the molecule is Cc1nc(B2OC(C)(C)C(C)(C)O2)cn1CCCCCCOC(N)=O. The molecule has 2 rings (SSSR count). The molecule has 0 atom stereocenters. The lowest BCUT2D eigenvalue weighted by atomic mass is 9.86. The first-order valence-electron chi connectivity index (χ1n) is 8.94. The minimum Gasteiger partial charge on any atom is -0.450 e. The minimum absolute atomic E-state index is 0.359. The first-order valence-corrected chi connectivity index (χ1v) is 8.94. The van der Waals surface area contributed by atoms with Crippen LogP contribution in [-0.2, 0) is 20.6 Å². The predicted octanol–water partition coefficient (Wildman–Crippen LogP) is 2.15. The number of hydrogen-bond acceptors (Lipinski definition) is 5. The van der Waals surface area contributed by atoms with Gasteiger partial charge in [-0.3, -0.25) is 0 Å². The topological polar surface area (TPSA) is 88.6 Å². The third kappa shape index (κ3) is 4.98. The zero-order valence-electron chi connectivity index (χ0n) is 16.0. The van der Waals surface area contributed by atoms with Crippen LogP contribution in [0.4, 0.5) is 4.79 Å². The van der Waals surface area contributed by atoms with Crippen LogP contribution in [0.25, 0.3) is 0 Å². The van der Waals surface area contributed by atoms with Crippen molar-refractivity contribution in [3.05, 3.63) is 12.0 Å². The maximum absolute atomic E-state index is 10.5. The highest BCUT2D eigenvalue weighted by molar-refractivity contribution is 6.61. The van der Waals surface area contributed by atoms with Crippen LogP contribution in [0.5, 0.6) is 0 Å². The van der Waals surface area contributed by atoms with Crippen LogP contribution >= 0.6 is 0 Å². The summed E-state index contributed by atoms with van der Waals surface area (Å²) in [5.41, 5.74) is 5.03. The number of nitrogens with two attached hydrogens (primary N) is 1. The predicted molar refractivity (Wildman–Crippen MR) is 96.7 cm³/mol. The number of nitrogens with zero attached hydrogens (tertiary/aromatic N) is 2. The molecule has 1 aliphatic rings. The number of rotatable bonds is 8.